The van der Waals surface area contributed by atoms with Crippen LogP contribution >= 0.6 is 0 Å². The van der Waals surface area contributed by atoms with Gasteiger partial charge in [-0.15, -0.1) is 0 Å². The molecule has 0 spiro atoms. The van der Waals surface area contributed by atoms with E-state index in [2.05, 4.69) is 11.4 Å². The van der Waals surface area contributed by atoms with E-state index in [9.17, 15) is 14.9 Å². The Morgan fingerprint density at radius 3 is 2.00 bits per heavy atom. The minimum absolute atomic E-state index is 0.411. The van der Waals surface area contributed by atoms with Crippen molar-refractivity contribution < 1.29 is 19.1 Å². The van der Waals surface area contributed by atoms with E-state index in [4.69, 9.17) is 9.47 Å². The number of amides is 1. The predicted molar refractivity (Wildman–Crippen MR) is 104 cm³/mol. The molecule has 28 heavy (non-hydrogen) atoms. The lowest BCUT2D eigenvalue weighted by atomic mass is 9.72. The highest BCUT2D eigenvalue weighted by Crippen LogP contribution is 2.38. The molecule has 0 aliphatic rings. The molecule has 0 bridgehead atoms. The van der Waals surface area contributed by atoms with Gasteiger partial charge < -0.3 is 14.8 Å². The second-order valence-electron chi connectivity index (χ2n) is 7.27. The van der Waals surface area contributed by atoms with Gasteiger partial charge in [-0.1, -0.05) is 60.7 Å². The first-order valence-electron chi connectivity index (χ1n) is 8.84. The standard InChI is InChI=1S/C22H24N2O4/c1-21(2,3)28-20(26)24-18(16-11-7-5-8-12-16)22(15-23,19(25)27-4)17-13-9-6-10-14-17/h5-14,18H,1-4H3,(H,24,26)/t18-,22-/m1/s1. The number of alkyl carbamates (subject to hydrolysis) is 1. The summed E-state index contributed by atoms with van der Waals surface area (Å²) in [5, 5.41) is 12.9. The molecule has 6 heteroatoms. The quantitative estimate of drug-likeness (QED) is 0.795. The fraction of sp³-hybridized carbons (Fsp3) is 0.318. The number of esters is 1. The number of carbonyl (C=O) groups excluding carboxylic acids is 2. The number of hydrogen-bond acceptors (Lipinski definition) is 5. The molecular formula is C22H24N2O4. The van der Waals surface area contributed by atoms with E-state index in [1.165, 1.54) is 7.11 Å². The Bertz CT molecular complexity index is 854. The average molecular weight is 380 g/mol. The van der Waals surface area contributed by atoms with Gasteiger partial charge in [-0.3, -0.25) is 0 Å². The predicted octanol–water partition coefficient (Wildman–Crippen LogP) is 3.89. The third-order valence-corrected chi connectivity index (χ3v) is 4.14. The lowest BCUT2D eigenvalue weighted by Crippen LogP contribution is -2.50. The molecule has 0 aliphatic carbocycles. The summed E-state index contributed by atoms with van der Waals surface area (Å²) in [7, 11) is 1.22. The Balaban J connectivity index is 2.64. The van der Waals surface area contributed by atoms with Gasteiger partial charge in [0.25, 0.3) is 0 Å². The highest BCUT2D eigenvalue weighted by atomic mass is 16.6. The number of ether oxygens (including phenoxy) is 2. The van der Waals surface area contributed by atoms with Crippen LogP contribution in [0.15, 0.2) is 60.7 Å². The topological polar surface area (TPSA) is 88.4 Å². The maximum Gasteiger partial charge on any atom is 0.408 e. The van der Waals surface area contributed by atoms with Crippen molar-refractivity contribution in [2.45, 2.75) is 37.8 Å². The van der Waals surface area contributed by atoms with Crippen LogP contribution < -0.4 is 5.32 Å². The number of carbonyl (C=O) groups is 2. The van der Waals surface area contributed by atoms with Crippen LogP contribution in [0, 0.1) is 11.3 Å². The van der Waals surface area contributed by atoms with E-state index in [-0.39, 0.29) is 0 Å². The molecule has 6 nitrogen and oxygen atoms in total. The average Bonchev–Trinajstić information content (AvgIpc) is 2.68. The highest BCUT2D eigenvalue weighted by Gasteiger charge is 2.51. The number of nitriles is 1. The fourth-order valence-corrected chi connectivity index (χ4v) is 2.95. The maximum absolute atomic E-state index is 12.9. The third-order valence-electron chi connectivity index (χ3n) is 4.14. The molecule has 0 unspecified atom stereocenters. The molecule has 0 aliphatic heterocycles. The first-order chi connectivity index (χ1) is 13.2. The van der Waals surface area contributed by atoms with Crippen LogP contribution in [0.1, 0.15) is 37.9 Å². The summed E-state index contributed by atoms with van der Waals surface area (Å²) in [6.07, 6.45) is -0.735. The largest absolute Gasteiger partial charge is 0.468 e. The molecule has 0 heterocycles. The van der Waals surface area contributed by atoms with Crippen LogP contribution in [-0.2, 0) is 19.7 Å². The molecule has 0 saturated carbocycles. The zero-order valence-corrected chi connectivity index (χ0v) is 16.4. The van der Waals surface area contributed by atoms with E-state index in [1.54, 1.807) is 75.4 Å². The summed E-state index contributed by atoms with van der Waals surface area (Å²) in [5.74, 6) is -0.772. The van der Waals surface area contributed by atoms with E-state index in [1.807, 2.05) is 6.07 Å². The van der Waals surface area contributed by atoms with Gasteiger partial charge in [-0.05, 0) is 31.9 Å². The monoisotopic (exact) mass is 380 g/mol. The van der Waals surface area contributed by atoms with Crippen LogP contribution in [-0.4, -0.2) is 24.8 Å². The molecule has 1 amide bonds. The van der Waals surface area contributed by atoms with Crippen molar-refractivity contribution in [1.29, 1.82) is 5.26 Å². The Morgan fingerprint density at radius 1 is 1.00 bits per heavy atom. The van der Waals surface area contributed by atoms with Crippen LogP contribution in [0.3, 0.4) is 0 Å². The second-order valence-corrected chi connectivity index (χ2v) is 7.27. The molecule has 2 aromatic carbocycles. The molecule has 2 aromatic rings. The van der Waals surface area contributed by atoms with Gasteiger partial charge in [-0.25, -0.2) is 9.59 Å². The van der Waals surface area contributed by atoms with E-state index in [0.717, 1.165) is 0 Å². The SMILES string of the molecule is COC(=O)[C@](C#N)(c1ccccc1)[C@H](NC(=O)OC(C)(C)C)c1ccccc1. The van der Waals surface area contributed by atoms with Crippen LogP contribution in [0.2, 0.25) is 0 Å². The van der Waals surface area contributed by atoms with Crippen molar-refractivity contribution in [3.63, 3.8) is 0 Å². The Labute approximate surface area is 165 Å². The molecular weight excluding hydrogens is 356 g/mol. The Hall–Kier alpha value is -3.33. The van der Waals surface area contributed by atoms with Crippen molar-refractivity contribution in [3.8, 4) is 6.07 Å². The highest BCUT2D eigenvalue weighted by molar-refractivity contribution is 5.89. The third kappa shape index (κ3) is 4.49. The number of rotatable bonds is 5. The van der Waals surface area contributed by atoms with Crippen molar-refractivity contribution >= 4 is 12.1 Å². The minimum atomic E-state index is -1.80. The molecule has 146 valence electrons. The summed E-state index contributed by atoms with van der Waals surface area (Å²) in [6, 6.07) is 18.4. The van der Waals surface area contributed by atoms with Crippen LogP contribution in [0.4, 0.5) is 4.79 Å². The lowest BCUT2D eigenvalue weighted by Gasteiger charge is -2.34. The van der Waals surface area contributed by atoms with Gasteiger partial charge in [0, 0.05) is 0 Å². The van der Waals surface area contributed by atoms with Gasteiger partial charge in [0.1, 0.15) is 5.60 Å². The molecule has 2 atom stereocenters. The summed E-state index contributed by atoms with van der Waals surface area (Å²) in [6.45, 7) is 5.21. The van der Waals surface area contributed by atoms with Gasteiger partial charge in [0.2, 0.25) is 5.41 Å². The van der Waals surface area contributed by atoms with Crippen molar-refractivity contribution in [2.75, 3.05) is 7.11 Å². The second kappa shape index (κ2) is 8.57. The lowest BCUT2D eigenvalue weighted by molar-refractivity contribution is -0.146. The summed E-state index contributed by atoms with van der Waals surface area (Å²) in [5.41, 5.74) is -1.55. The Kier molecular flexibility index (Phi) is 6.42. The summed E-state index contributed by atoms with van der Waals surface area (Å²) in [4.78, 5) is 25.5. The van der Waals surface area contributed by atoms with Crippen LogP contribution in [0.5, 0.6) is 0 Å². The van der Waals surface area contributed by atoms with E-state index in [0.29, 0.717) is 11.1 Å². The maximum atomic E-state index is 12.9. The van der Waals surface area contributed by atoms with Gasteiger partial charge in [0.05, 0.1) is 19.2 Å². The number of methoxy groups -OCH3 is 1. The van der Waals surface area contributed by atoms with Crippen LogP contribution in [0.25, 0.3) is 0 Å². The first-order valence-corrected chi connectivity index (χ1v) is 8.84. The van der Waals surface area contributed by atoms with Gasteiger partial charge in [0.15, 0.2) is 0 Å². The Morgan fingerprint density at radius 2 is 1.54 bits per heavy atom. The number of nitrogens with zero attached hydrogens (tertiary/aromatic N) is 1. The number of benzene rings is 2. The fourth-order valence-electron chi connectivity index (χ4n) is 2.95. The van der Waals surface area contributed by atoms with Gasteiger partial charge >= 0.3 is 12.1 Å². The molecule has 1 N–H and O–H groups in total. The molecule has 0 radical (unpaired) electrons. The first kappa shape index (κ1) is 21.0. The smallest absolute Gasteiger partial charge is 0.408 e. The van der Waals surface area contributed by atoms with Crippen molar-refractivity contribution in [1.82, 2.24) is 5.32 Å². The number of hydrogen-bond donors (Lipinski definition) is 1. The van der Waals surface area contributed by atoms with Crippen molar-refractivity contribution in [2.24, 2.45) is 0 Å². The zero-order chi connectivity index (χ0) is 20.8. The van der Waals surface area contributed by atoms with E-state index >= 15 is 0 Å². The molecule has 0 fully saturated rings. The number of nitrogens with one attached hydrogen (secondary N) is 1. The van der Waals surface area contributed by atoms with E-state index < -0.39 is 29.1 Å². The molecule has 2 rings (SSSR count). The summed E-state index contributed by atoms with van der Waals surface area (Å²) < 4.78 is 10.4. The molecule has 0 aromatic heterocycles. The zero-order valence-electron chi connectivity index (χ0n) is 16.4. The minimum Gasteiger partial charge on any atom is -0.468 e. The molecule has 0 saturated heterocycles. The normalized spacial score (nSPS) is 14.1. The van der Waals surface area contributed by atoms with Crippen molar-refractivity contribution in [3.05, 3.63) is 71.8 Å². The van der Waals surface area contributed by atoms with Gasteiger partial charge in [-0.2, -0.15) is 5.26 Å². The summed E-state index contributed by atoms with van der Waals surface area (Å²) >= 11 is 0.